The van der Waals surface area contributed by atoms with Crippen molar-refractivity contribution in [3.8, 4) is 0 Å². The van der Waals surface area contributed by atoms with Crippen molar-refractivity contribution in [2.24, 2.45) is 5.92 Å². The molecule has 0 spiro atoms. The highest BCUT2D eigenvalue weighted by Crippen LogP contribution is 2.31. The summed E-state index contributed by atoms with van der Waals surface area (Å²) in [5, 5.41) is 4.62. The fraction of sp³-hybridized carbons (Fsp3) is 1.00. The molecule has 0 N–H and O–H groups in total. The molecule has 1 heterocycles. The van der Waals surface area contributed by atoms with Crippen LogP contribution in [0, 0.1) is 5.92 Å². The number of hydrogen-bond donors (Lipinski definition) is 0. The second-order valence-electron chi connectivity index (χ2n) is 3.66. The van der Waals surface area contributed by atoms with Crippen LogP contribution in [0.1, 0.15) is 38.5 Å². The molecule has 57 valence electrons. The lowest BCUT2D eigenvalue weighted by Gasteiger charge is -2.15. The Kier molecular flexibility index (Phi) is 1.94. The first-order valence-electron chi connectivity index (χ1n) is 4.63. The average molecular weight is 138 g/mol. The monoisotopic (exact) mass is 138 g/mol. The van der Waals surface area contributed by atoms with Crippen molar-refractivity contribution < 1.29 is 0 Å². The fourth-order valence-electron chi connectivity index (χ4n) is 2.38. The fourth-order valence-corrected chi connectivity index (χ4v) is 2.38. The molecule has 1 nitrogen and oxygen atoms in total. The van der Waals surface area contributed by atoms with Gasteiger partial charge in [0.1, 0.15) is 0 Å². The van der Waals surface area contributed by atoms with E-state index >= 15 is 0 Å². The normalized spacial score (nSPS) is 35.4. The van der Waals surface area contributed by atoms with Gasteiger partial charge in [-0.05, 0) is 31.6 Å². The molecule has 1 aliphatic heterocycles. The molecule has 2 fully saturated rings. The second kappa shape index (κ2) is 2.91. The zero-order valence-corrected chi connectivity index (χ0v) is 6.55. The van der Waals surface area contributed by atoms with Gasteiger partial charge in [0.05, 0.1) is 0 Å². The van der Waals surface area contributed by atoms with Crippen LogP contribution in [-0.4, -0.2) is 12.6 Å². The average Bonchev–Trinajstić information content (AvgIpc) is 2.59. The predicted molar refractivity (Wildman–Crippen MR) is 42.0 cm³/mol. The third-order valence-corrected chi connectivity index (χ3v) is 2.97. The maximum absolute atomic E-state index is 4.62. The van der Waals surface area contributed by atoms with Crippen molar-refractivity contribution in [1.29, 1.82) is 0 Å². The van der Waals surface area contributed by atoms with Crippen LogP contribution in [0.2, 0.25) is 0 Å². The molecule has 2 rings (SSSR count). The van der Waals surface area contributed by atoms with Crippen molar-refractivity contribution in [1.82, 2.24) is 5.32 Å². The SMILES string of the molecule is C1CCC([C@H]2CCC[N]2)C1. The van der Waals surface area contributed by atoms with Gasteiger partial charge in [0.15, 0.2) is 0 Å². The summed E-state index contributed by atoms with van der Waals surface area (Å²) in [5.74, 6) is 0.988. The lowest BCUT2D eigenvalue weighted by molar-refractivity contribution is 0.394. The molecule has 0 bridgehead atoms. The van der Waals surface area contributed by atoms with Crippen LogP contribution in [0.3, 0.4) is 0 Å². The molecule has 1 saturated carbocycles. The van der Waals surface area contributed by atoms with Crippen LogP contribution in [-0.2, 0) is 0 Å². The molecule has 2 aliphatic rings. The quantitative estimate of drug-likeness (QED) is 0.526. The minimum Gasteiger partial charge on any atom is -0.238 e. The largest absolute Gasteiger partial charge is 0.238 e. The zero-order chi connectivity index (χ0) is 6.81. The summed E-state index contributed by atoms with van der Waals surface area (Å²) in [4.78, 5) is 0. The third kappa shape index (κ3) is 1.20. The molecule has 0 aromatic carbocycles. The molecule has 10 heavy (non-hydrogen) atoms. The first-order valence-corrected chi connectivity index (χ1v) is 4.63. The van der Waals surface area contributed by atoms with E-state index in [9.17, 15) is 0 Å². The lowest BCUT2D eigenvalue weighted by Crippen LogP contribution is -2.22. The Morgan fingerprint density at radius 1 is 0.900 bits per heavy atom. The summed E-state index contributed by atoms with van der Waals surface area (Å²) in [7, 11) is 0. The van der Waals surface area contributed by atoms with Gasteiger partial charge in [-0.2, -0.15) is 0 Å². The summed E-state index contributed by atoms with van der Waals surface area (Å²) >= 11 is 0. The smallest absolute Gasteiger partial charge is 0.0274 e. The zero-order valence-electron chi connectivity index (χ0n) is 6.55. The highest BCUT2D eigenvalue weighted by atomic mass is 14.9. The van der Waals surface area contributed by atoms with Gasteiger partial charge in [0.2, 0.25) is 0 Å². The maximum Gasteiger partial charge on any atom is 0.0274 e. The number of hydrogen-bond acceptors (Lipinski definition) is 0. The standard InChI is InChI=1S/C9H16N/c1-2-5-8(4-1)9-6-3-7-10-9/h8-9H,1-7H2/t9-/m1/s1. The summed E-state index contributed by atoms with van der Waals surface area (Å²) in [6.45, 7) is 1.15. The maximum atomic E-state index is 4.62. The van der Waals surface area contributed by atoms with Crippen LogP contribution in [0.15, 0.2) is 0 Å². The van der Waals surface area contributed by atoms with Gasteiger partial charge in [0.25, 0.3) is 0 Å². The van der Waals surface area contributed by atoms with Crippen molar-refractivity contribution in [3.05, 3.63) is 0 Å². The lowest BCUT2D eigenvalue weighted by atomic mass is 9.97. The molecular formula is C9H16N. The summed E-state index contributed by atoms with van der Waals surface area (Å²) in [6.07, 6.45) is 8.63. The van der Waals surface area contributed by atoms with E-state index < -0.39 is 0 Å². The van der Waals surface area contributed by atoms with Crippen molar-refractivity contribution in [3.63, 3.8) is 0 Å². The first-order chi connectivity index (χ1) is 4.97. The Bertz CT molecular complexity index is 85.3. The van der Waals surface area contributed by atoms with Crippen LogP contribution in [0.5, 0.6) is 0 Å². The Morgan fingerprint density at radius 2 is 1.70 bits per heavy atom. The van der Waals surface area contributed by atoms with Crippen molar-refractivity contribution in [2.75, 3.05) is 6.54 Å². The molecule has 1 saturated heterocycles. The Hall–Kier alpha value is -0.0400. The summed E-state index contributed by atoms with van der Waals surface area (Å²) in [5.41, 5.74) is 0. The Labute approximate surface area is 63.2 Å². The minimum atomic E-state index is 0.780. The van der Waals surface area contributed by atoms with Gasteiger partial charge < -0.3 is 0 Å². The molecule has 1 radical (unpaired) electrons. The summed E-state index contributed by atoms with van der Waals surface area (Å²) in [6, 6.07) is 0.780. The molecule has 1 heteroatoms. The van der Waals surface area contributed by atoms with E-state index in [0.717, 1.165) is 18.5 Å². The van der Waals surface area contributed by atoms with E-state index in [-0.39, 0.29) is 0 Å². The van der Waals surface area contributed by atoms with E-state index in [1.807, 2.05) is 0 Å². The molecule has 0 aromatic rings. The minimum absolute atomic E-state index is 0.780. The van der Waals surface area contributed by atoms with Crippen molar-refractivity contribution in [2.45, 2.75) is 44.6 Å². The van der Waals surface area contributed by atoms with E-state index in [1.54, 1.807) is 0 Å². The van der Waals surface area contributed by atoms with E-state index in [0.29, 0.717) is 0 Å². The topological polar surface area (TPSA) is 14.1 Å². The summed E-state index contributed by atoms with van der Waals surface area (Å²) < 4.78 is 0. The van der Waals surface area contributed by atoms with Crippen LogP contribution >= 0.6 is 0 Å². The Morgan fingerprint density at radius 3 is 2.30 bits per heavy atom. The van der Waals surface area contributed by atoms with Crippen molar-refractivity contribution >= 4 is 0 Å². The van der Waals surface area contributed by atoms with E-state index in [4.69, 9.17) is 0 Å². The molecular weight excluding hydrogens is 122 g/mol. The van der Waals surface area contributed by atoms with Crippen LogP contribution < -0.4 is 5.32 Å². The van der Waals surface area contributed by atoms with E-state index in [1.165, 1.54) is 38.5 Å². The van der Waals surface area contributed by atoms with Gasteiger partial charge >= 0.3 is 0 Å². The number of rotatable bonds is 1. The molecule has 1 aliphatic carbocycles. The molecule has 0 amide bonds. The van der Waals surface area contributed by atoms with Crippen LogP contribution in [0.25, 0.3) is 0 Å². The Balaban J connectivity index is 1.85. The molecule has 0 aromatic heterocycles. The highest BCUT2D eigenvalue weighted by Gasteiger charge is 2.27. The first kappa shape index (κ1) is 6.66. The van der Waals surface area contributed by atoms with Gasteiger partial charge in [-0.25, -0.2) is 5.32 Å². The van der Waals surface area contributed by atoms with Gasteiger partial charge in [0, 0.05) is 12.6 Å². The molecule has 1 atom stereocenters. The van der Waals surface area contributed by atoms with E-state index in [2.05, 4.69) is 5.32 Å². The van der Waals surface area contributed by atoms with Gasteiger partial charge in [-0.3, -0.25) is 0 Å². The molecule has 0 unspecified atom stereocenters. The predicted octanol–water partition coefficient (Wildman–Crippen LogP) is 1.94. The number of nitrogens with zero attached hydrogens (tertiary/aromatic N) is 1. The highest BCUT2D eigenvalue weighted by molar-refractivity contribution is 4.83. The second-order valence-corrected chi connectivity index (χ2v) is 3.66. The van der Waals surface area contributed by atoms with Gasteiger partial charge in [-0.1, -0.05) is 12.8 Å². The van der Waals surface area contributed by atoms with Crippen LogP contribution in [0.4, 0.5) is 0 Å². The van der Waals surface area contributed by atoms with Gasteiger partial charge in [-0.15, -0.1) is 0 Å². The third-order valence-electron chi connectivity index (χ3n) is 2.97.